The van der Waals surface area contributed by atoms with Gasteiger partial charge in [0.15, 0.2) is 0 Å². The van der Waals surface area contributed by atoms with Gasteiger partial charge in [0.2, 0.25) is 0 Å². The molecule has 5 N–H and O–H groups in total. The number of nitrogens with one attached hydrogen (secondary N) is 2. The molecule has 0 bridgehead atoms. The fraction of sp³-hybridized carbons (Fsp3) is 0.718. The second kappa shape index (κ2) is 21.2. The van der Waals surface area contributed by atoms with Gasteiger partial charge in [-0.15, -0.1) is 0 Å². The first-order valence-corrected chi connectivity index (χ1v) is 17.9. The lowest BCUT2D eigenvalue weighted by molar-refractivity contribution is -0.180. The van der Waals surface area contributed by atoms with E-state index in [1.54, 1.807) is 7.11 Å². The molecule has 2 rings (SSSR count). The van der Waals surface area contributed by atoms with Gasteiger partial charge in [0.05, 0.1) is 18.3 Å². The van der Waals surface area contributed by atoms with Crippen molar-refractivity contribution in [1.82, 2.24) is 10.6 Å². The minimum Gasteiger partial charge on any atom is -0.396 e. The molecule has 47 heavy (non-hydrogen) atoms. The average Bonchev–Trinajstić information content (AvgIpc) is 3.41. The van der Waals surface area contributed by atoms with Crippen LogP contribution in [-0.2, 0) is 14.3 Å². The first-order valence-electron chi connectivity index (χ1n) is 17.9. The summed E-state index contributed by atoms with van der Waals surface area (Å²) >= 11 is 0. The van der Waals surface area contributed by atoms with Crippen LogP contribution in [0.5, 0.6) is 0 Å². The van der Waals surface area contributed by atoms with Crippen molar-refractivity contribution >= 4 is 6.29 Å². The Morgan fingerprint density at radius 2 is 2.02 bits per heavy atom. The molecule has 6 unspecified atom stereocenters. The summed E-state index contributed by atoms with van der Waals surface area (Å²) in [5.41, 5.74) is 3.11. The zero-order valence-electron chi connectivity index (χ0n) is 30.3. The molecule has 0 aromatic heterocycles. The summed E-state index contributed by atoms with van der Waals surface area (Å²) in [5, 5.41) is 41.4. The van der Waals surface area contributed by atoms with Crippen molar-refractivity contribution < 1.29 is 29.6 Å². The number of ether oxygens (including phenoxy) is 2. The minimum absolute atomic E-state index is 0.0268. The zero-order valence-corrected chi connectivity index (χ0v) is 30.3. The maximum Gasteiger partial charge on any atom is 0.145 e. The number of carbonyl (C=O) groups excluding carboxylic acids is 1. The Hall–Kier alpha value is -1.91. The molecule has 0 aliphatic heterocycles. The van der Waals surface area contributed by atoms with Crippen molar-refractivity contribution in [3.05, 3.63) is 58.7 Å². The molecule has 2 fully saturated rings. The summed E-state index contributed by atoms with van der Waals surface area (Å²) in [6, 6.07) is 0.410. The average molecular weight is 659 g/mol. The molecule has 6 atom stereocenters. The Kier molecular flexibility index (Phi) is 18.6. The van der Waals surface area contributed by atoms with Crippen LogP contribution in [0.3, 0.4) is 0 Å². The van der Waals surface area contributed by atoms with Crippen LogP contribution in [0.1, 0.15) is 91.9 Å². The standard InChI is InChI=1S/C39H66N2O6/c1-8-47-28-33(15-10-13-29(2)12-9-14-30(3)26-41-32(5)19-25-46-7)35-18-21-39(37(35)44)36(16-11-24-42)34(31(4)27-43)17-20-38(39,45)22-23-40-6/h10,13-15,27,32,35-37,40-42,44-45H,2,8-9,11-12,16-26,28H2,1,3-7H3. The van der Waals surface area contributed by atoms with Crippen LogP contribution in [0.4, 0.5) is 0 Å². The number of hydrogen-bond donors (Lipinski definition) is 5. The lowest BCUT2D eigenvalue weighted by Gasteiger charge is -2.57. The monoisotopic (exact) mass is 658 g/mol. The van der Waals surface area contributed by atoms with Gasteiger partial charge in [-0.25, -0.2) is 0 Å². The number of aldehydes is 1. The van der Waals surface area contributed by atoms with E-state index in [2.05, 4.69) is 43.2 Å². The molecular weight excluding hydrogens is 592 g/mol. The fourth-order valence-electron chi connectivity index (χ4n) is 7.88. The van der Waals surface area contributed by atoms with Crippen LogP contribution in [0.25, 0.3) is 0 Å². The molecule has 0 radical (unpaired) electrons. The van der Waals surface area contributed by atoms with Crippen molar-refractivity contribution in [1.29, 1.82) is 0 Å². The van der Waals surface area contributed by atoms with Gasteiger partial charge in [-0.3, -0.25) is 4.79 Å². The van der Waals surface area contributed by atoms with Crippen LogP contribution in [-0.4, -0.2) is 93.0 Å². The Morgan fingerprint density at radius 1 is 1.26 bits per heavy atom. The maximum atomic E-state index is 12.4. The fourth-order valence-corrected chi connectivity index (χ4v) is 7.88. The number of aliphatic hydroxyl groups is 3. The summed E-state index contributed by atoms with van der Waals surface area (Å²) in [4.78, 5) is 12.0. The zero-order chi connectivity index (χ0) is 34.9. The van der Waals surface area contributed by atoms with Crippen LogP contribution in [0, 0.1) is 17.3 Å². The molecule has 268 valence electrons. The highest BCUT2D eigenvalue weighted by molar-refractivity contribution is 5.74. The molecule has 0 aromatic carbocycles. The van der Waals surface area contributed by atoms with E-state index in [4.69, 9.17) is 9.47 Å². The van der Waals surface area contributed by atoms with Crippen LogP contribution >= 0.6 is 0 Å². The summed E-state index contributed by atoms with van der Waals surface area (Å²) in [6.07, 6.45) is 15.4. The van der Waals surface area contributed by atoms with Crippen LogP contribution < -0.4 is 10.6 Å². The number of hydrogen-bond acceptors (Lipinski definition) is 8. The molecule has 8 nitrogen and oxygen atoms in total. The highest BCUT2D eigenvalue weighted by Crippen LogP contribution is 2.63. The van der Waals surface area contributed by atoms with E-state index in [-0.39, 0.29) is 18.4 Å². The molecular formula is C39H66N2O6. The Balaban J connectivity index is 2.29. The number of allylic oxidation sites excluding steroid dienone is 7. The first-order chi connectivity index (χ1) is 22.5. The summed E-state index contributed by atoms with van der Waals surface area (Å²) < 4.78 is 11.1. The SMILES string of the molecule is C=C(C=CC=C(COCC)C1CCC2(C(CCCO)C(=C(C)C=O)CCC2(O)CCNC)C1O)CCC=C(C)CNC(C)CCOC. The largest absolute Gasteiger partial charge is 0.396 e. The second-order valence-corrected chi connectivity index (χ2v) is 13.8. The van der Waals surface area contributed by atoms with Crippen molar-refractivity contribution in [3.63, 3.8) is 0 Å². The van der Waals surface area contributed by atoms with E-state index in [9.17, 15) is 20.1 Å². The van der Waals surface area contributed by atoms with Gasteiger partial charge < -0.3 is 35.4 Å². The van der Waals surface area contributed by atoms with E-state index in [0.717, 1.165) is 55.4 Å². The van der Waals surface area contributed by atoms with Crippen molar-refractivity contribution in [2.24, 2.45) is 17.3 Å². The molecule has 2 aliphatic carbocycles. The number of carbonyl (C=O) groups is 1. The lowest BCUT2D eigenvalue weighted by atomic mass is 9.51. The van der Waals surface area contributed by atoms with Gasteiger partial charge in [-0.2, -0.15) is 0 Å². The first kappa shape index (κ1) is 41.3. The molecule has 1 spiro atoms. The molecule has 0 saturated heterocycles. The lowest BCUT2D eigenvalue weighted by Crippen LogP contribution is -2.61. The Labute approximate surface area is 285 Å². The summed E-state index contributed by atoms with van der Waals surface area (Å²) in [7, 11) is 3.61. The molecule has 8 heteroatoms. The van der Waals surface area contributed by atoms with E-state index in [0.29, 0.717) is 76.3 Å². The topological polar surface area (TPSA) is 120 Å². The second-order valence-electron chi connectivity index (χ2n) is 13.8. The van der Waals surface area contributed by atoms with Crippen molar-refractivity contribution in [2.75, 3.05) is 53.7 Å². The predicted molar refractivity (Wildman–Crippen MR) is 192 cm³/mol. The summed E-state index contributed by atoms with van der Waals surface area (Å²) in [6.45, 7) is 15.6. The molecule has 2 saturated carbocycles. The van der Waals surface area contributed by atoms with Crippen LogP contribution in [0.15, 0.2) is 58.7 Å². The van der Waals surface area contributed by atoms with Crippen molar-refractivity contribution in [2.45, 2.75) is 110 Å². The summed E-state index contributed by atoms with van der Waals surface area (Å²) in [5.74, 6) is -0.392. The quantitative estimate of drug-likeness (QED) is 0.0442. The number of methoxy groups -OCH3 is 1. The third kappa shape index (κ3) is 11.3. The highest BCUT2D eigenvalue weighted by atomic mass is 16.5. The van der Waals surface area contributed by atoms with Gasteiger partial charge in [-0.05, 0) is 123 Å². The van der Waals surface area contributed by atoms with Crippen molar-refractivity contribution in [3.8, 4) is 0 Å². The smallest absolute Gasteiger partial charge is 0.145 e. The van der Waals surface area contributed by atoms with E-state index < -0.39 is 17.1 Å². The third-order valence-electron chi connectivity index (χ3n) is 10.7. The minimum atomic E-state index is -1.11. The molecule has 0 amide bonds. The highest BCUT2D eigenvalue weighted by Gasteiger charge is 2.65. The molecule has 2 aliphatic rings. The van der Waals surface area contributed by atoms with Gasteiger partial charge in [0.25, 0.3) is 0 Å². The molecule has 0 aromatic rings. The van der Waals surface area contributed by atoms with Gasteiger partial charge >= 0.3 is 0 Å². The number of rotatable bonds is 22. The third-order valence-corrected chi connectivity index (χ3v) is 10.7. The van der Waals surface area contributed by atoms with E-state index >= 15 is 0 Å². The maximum absolute atomic E-state index is 12.4. The van der Waals surface area contributed by atoms with Gasteiger partial charge in [0.1, 0.15) is 6.29 Å². The number of aliphatic hydroxyl groups excluding tert-OH is 2. The van der Waals surface area contributed by atoms with Gasteiger partial charge in [0, 0.05) is 50.8 Å². The van der Waals surface area contributed by atoms with E-state index in [1.165, 1.54) is 5.57 Å². The normalized spacial score (nSPS) is 28.7. The Bertz CT molecular complexity index is 1100. The molecule has 0 heterocycles. The van der Waals surface area contributed by atoms with Gasteiger partial charge in [-0.1, -0.05) is 47.6 Å². The van der Waals surface area contributed by atoms with Crippen LogP contribution in [0.2, 0.25) is 0 Å². The Morgan fingerprint density at radius 3 is 2.68 bits per heavy atom. The predicted octanol–water partition coefficient (Wildman–Crippen LogP) is 5.60. The van der Waals surface area contributed by atoms with E-state index in [1.807, 2.05) is 33.0 Å².